The number of thiol groups is 1. The zero-order valence-electron chi connectivity index (χ0n) is 19.2. The van der Waals surface area contributed by atoms with Crippen molar-refractivity contribution in [3.63, 3.8) is 0 Å². The van der Waals surface area contributed by atoms with Crippen molar-refractivity contribution < 1.29 is 9.47 Å². The lowest BCUT2D eigenvalue weighted by molar-refractivity contribution is 0.414. The highest BCUT2D eigenvalue weighted by Gasteiger charge is 2.53. The van der Waals surface area contributed by atoms with Crippen LogP contribution < -0.4 is 14.8 Å². The minimum atomic E-state index is -1.53. The Balaban J connectivity index is 2.22. The number of ether oxygens (including phenoxy) is 2. The molecule has 0 N–H and O–H groups in total. The summed E-state index contributed by atoms with van der Waals surface area (Å²) in [7, 11) is 1.88. The monoisotopic (exact) mass is 453 g/mol. The molecular formula is C27H34O2PS+. The fourth-order valence-electron chi connectivity index (χ4n) is 4.78. The van der Waals surface area contributed by atoms with Crippen molar-refractivity contribution in [1.82, 2.24) is 0 Å². The van der Waals surface area contributed by atoms with E-state index in [9.17, 15) is 0 Å². The van der Waals surface area contributed by atoms with Crippen LogP contribution >= 0.6 is 19.9 Å². The molecule has 0 amide bonds. The van der Waals surface area contributed by atoms with Crippen molar-refractivity contribution in [2.75, 3.05) is 26.5 Å². The summed E-state index contributed by atoms with van der Waals surface area (Å²) < 4.78 is 10.4. The van der Waals surface area contributed by atoms with Gasteiger partial charge < -0.3 is 9.47 Å². The highest BCUT2D eigenvalue weighted by molar-refractivity contribution is 7.86. The fourth-order valence-corrected chi connectivity index (χ4v) is 10.2. The van der Waals surface area contributed by atoms with Crippen LogP contribution in [0.5, 0.6) is 11.5 Å². The van der Waals surface area contributed by atoms with E-state index in [-0.39, 0.29) is 0 Å². The van der Waals surface area contributed by atoms with Gasteiger partial charge in [-0.1, -0.05) is 42.5 Å². The Bertz CT molecular complexity index is 903. The maximum atomic E-state index is 5.52. The van der Waals surface area contributed by atoms with Crippen molar-refractivity contribution in [3.05, 3.63) is 90.0 Å². The molecule has 3 aromatic rings. The second-order valence-corrected chi connectivity index (χ2v) is 13.2. The summed E-state index contributed by atoms with van der Waals surface area (Å²) in [5, 5.41) is 1.48. The standard InChI is InChI=1S/C27H33O2PS/c1-6-30(7-2,26-11-9-8-10-12-26)21(3)27(31,22-13-17-24(28-4)18-14-22)23-15-19-25(29-5)20-16-23/h8-21H,6-7H2,1-5H3/p+1/t21-/m1/s1. The van der Waals surface area contributed by atoms with Gasteiger partial charge >= 0.3 is 0 Å². The molecule has 1 atom stereocenters. The van der Waals surface area contributed by atoms with Gasteiger partial charge in [-0.25, -0.2) is 0 Å². The molecule has 0 spiro atoms. The van der Waals surface area contributed by atoms with Crippen LogP contribution in [0.15, 0.2) is 78.9 Å². The zero-order chi connectivity index (χ0) is 22.5. The van der Waals surface area contributed by atoms with Crippen molar-refractivity contribution in [1.29, 1.82) is 0 Å². The molecule has 0 saturated heterocycles. The minimum absolute atomic E-state index is 0.322. The van der Waals surface area contributed by atoms with E-state index in [2.05, 4.69) is 75.4 Å². The Kier molecular flexibility index (Phi) is 7.73. The summed E-state index contributed by atoms with van der Waals surface area (Å²) in [5.74, 6) is 1.72. The quantitative estimate of drug-likeness (QED) is 0.289. The van der Waals surface area contributed by atoms with Gasteiger partial charge in [-0.15, -0.1) is 0 Å². The lowest BCUT2D eigenvalue weighted by atomic mass is 9.87. The average molecular weight is 454 g/mol. The van der Waals surface area contributed by atoms with Gasteiger partial charge in [0.1, 0.15) is 11.5 Å². The van der Waals surface area contributed by atoms with Crippen LogP contribution in [0.4, 0.5) is 0 Å². The van der Waals surface area contributed by atoms with Gasteiger partial charge in [0.05, 0.1) is 49.5 Å². The van der Waals surface area contributed by atoms with Crippen molar-refractivity contribution in [3.8, 4) is 11.5 Å². The first-order valence-corrected chi connectivity index (χ1v) is 13.6. The van der Waals surface area contributed by atoms with Gasteiger partial charge in [0, 0.05) is 0 Å². The molecular weight excluding hydrogens is 419 g/mol. The van der Waals surface area contributed by atoms with E-state index in [1.54, 1.807) is 14.2 Å². The summed E-state index contributed by atoms with van der Waals surface area (Å²) in [6.45, 7) is 7.09. The Morgan fingerprint density at radius 3 is 1.52 bits per heavy atom. The molecule has 0 radical (unpaired) electrons. The van der Waals surface area contributed by atoms with E-state index in [0.29, 0.717) is 5.66 Å². The summed E-state index contributed by atoms with van der Waals surface area (Å²) in [6.07, 6.45) is 2.28. The van der Waals surface area contributed by atoms with E-state index < -0.39 is 12.0 Å². The second kappa shape index (κ2) is 10.1. The third kappa shape index (κ3) is 4.36. The van der Waals surface area contributed by atoms with Crippen molar-refractivity contribution in [2.45, 2.75) is 31.2 Å². The zero-order valence-corrected chi connectivity index (χ0v) is 21.0. The van der Waals surface area contributed by atoms with Gasteiger partial charge in [-0.05, 0) is 68.3 Å². The molecule has 0 aliphatic rings. The van der Waals surface area contributed by atoms with Crippen molar-refractivity contribution >= 4 is 25.2 Å². The van der Waals surface area contributed by atoms with Crippen LogP contribution in [0.2, 0.25) is 0 Å². The summed E-state index contributed by atoms with van der Waals surface area (Å²) in [4.78, 5) is 0. The third-order valence-corrected chi connectivity index (χ3v) is 13.4. The van der Waals surface area contributed by atoms with Crippen LogP contribution in [0, 0.1) is 0 Å². The van der Waals surface area contributed by atoms with E-state index in [1.165, 1.54) is 16.4 Å². The molecule has 0 heterocycles. The van der Waals surface area contributed by atoms with Crippen LogP contribution in [0.1, 0.15) is 31.9 Å². The van der Waals surface area contributed by atoms with Gasteiger partial charge in [0.2, 0.25) is 0 Å². The maximum Gasteiger partial charge on any atom is 0.118 e. The predicted octanol–water partition coefficient (Wildman–Crippen LogP) is 6.65. The SMILES string of the molecule is CC[P+](CC)(c1ccccc1)[C@H](C)C(S)(c1ccc(OC)cc1)c1ccc(OC)cc1. The average Bonchev–Trinajstić information content (AvgIpc) is 2.85. The molecule has 0 unspecified atom stereocenters. The number of methoxy groups -OCH3 is 2. The summed E-state index contributed by atoms with van der Waals surface area (Å²) >= 11 is 5.52. The molecule has 164 valence electrons. The Labute approximate surface area is 193 Å². The number of rotatable bonds is 9. The van der Waals surface area contributed by atoms with Gasteiger partial charge in [0.25, 0.3) is 0 Å². The number of hydrogen-bond acceptors (Lipinski definition) is 3. The molecule has 0 aromatic heterocycles. The minimum Gasteiger partial charge on any atom is -0.497 e. The molecule has 2 nitrogen and oxygen atoms in total. The first kappa shape index (κ1) is 23.7. The van der Waals surface area contributed by atoms with Gasteiger partial charge in [0.15, 0.2) is 0 Å². The Morgan fingerprint density at radius 1 is 0.742 bits per heavy atom. The van der Waals surface area contributed by atoms with Crippen LogP contribution in [-0.4, -0.2) is 32.2 Å². The molecule has 3 rings (SSSR count). The molecule has 0 saturated carbocycles. The van der Waals surface area contributed by atoms with E-state index in [4.69, 9.17) is 22.1 Å². The van der Waals surface area contributed by atoms with E-state index in [1.807, 2.05) is 24.3 Å². The molecule has 0 aliphatic heterocycles. The normalized spacial score (nSPS) is 13.0. The molecule has 0 aliphatic carbocycles. The topological polar surface area (TPSA) is 18.5 Å². The first-order valence-electron chi connectivity index (χ1n) is 10.9. The molecule has 3 aromatic carbocycles. The lowest BCUT2D eigenvalue weighted by Gasteiger charge is -2.42. The van der Waals surface area contributed by atoms with Crippen LogP contribution in [0.25, 0.3) is 0 Å². The van der Waals surface area contributed by atoms with Gasteiger partial charge in [-0.2, -0.15) is 12.6 Å². The van der Waals surface area contributed by atoms with Crippen LogP contribution in [-0.2, 0) is 4.75 Å². The largest absolute Gasteiger partial charge is 0.497 e. The molecule has 4 heteroatoms. The fraction of sp³-hybridized carbons (Fsp3) is 0.333. The Morgan fingerprint density at radius 2 is 1.16 bits per heavy atom. The number of hydrogen-bond donors (Lipinski definition) is 1. The first-order chi connectivity index (χ1) is 15.0. The Hall–Kier alpha value is -1.96. The van der Waals surface area contributed by atoms with Gasteiger partial charge in [-0.3, -0.25) is 0 Å². The second-order valence-electron chi connectivity index (χ2n) is 7.90. The number of benzene rings is 3. The van der Waals surface area contributed by atoms with Crippen molar-refractivity contribution in [2.24, 2.45) is 0 Å². The maximum absolute atomic E-state index is 5.52. The molecule has 31 heavy (non-hydrogen) atoms. The van der Waals surface area contributed by atoms with E-state index in [0.717, 1.165) is 23.8 Å². The summed E-state index contributed by atoms with van der Waals surface area (Å²) in [6, 6.07) is 27.9. The smallest absolute Gasteiger partial charge is 0.118 e. The molecule has 0 bridgehead atoms. The molecule has 0 fully saturated rings. The highest BCUT2D eigenvalue weighted by atomic mass is 32.1. The third-order valence-electron chi connectivity index (χ3n) is 6.81. The predicted molar refractivity (Wildman–Crippen MR) is 139 cm³/mol. The van der Waals surface area contributed by atoms with E-state index >= 15 is 0 Å². The lowest BCUT2D eigenvalue weighted by Crippen LogP contribution is -2.40. The highest BCUT2D eigenvalue weighted by Crippen LogP contribution is 2.67. The van der Waals surface area contributed by atoms with Crippen LogP contribution in [0.3, 0.4) is 0 Å². The summed E-state index contributed by atoms with van der Waals surface area (Å²) in [5.41, 5.74) is 2.70.